The first-order valence-electron chi connectivity index (χ1n) is 9.08. The number of piperidine rings is 1. The van der Waals surface area contributed by atoms with E-state index in [2.05, 4.69) is 48.4 Å². The molecule has 1 fully saturated rings. The van der Waals surface area contributed by atoms with Crippen molar-refractivity contribution in [3.8, 4) is 10.6 Å². The Kier molecular flexibility index (Phi) is 9.74. The minimum atomic E-state index is 0. The lowest BCUT2D eigenvalue weighted by atomic mass is 9.98. The second-order valence-electron chi connectivity index (χ2n) is 7.13. The highest BCUT2D eigenvalue weighted by atomic mass is 35.5. The van der Waals surface area contributed by atoms with Crippen molar-refractivity contribution >= 4 is 42.1 Å². The SMILES string of the molecule is CNCC1CCCN(C(=O)c2csc(-c3ccc(C(C)C)cc3)n2)C1.Cl.Cl. The number of aromatic nitrogens is 1. The molecule has 1 saturated heterocycles. The summed E-state index contributed by atoms with van der Waals surface area (Å²) in [5, 5.41) is 6.04. The first-order valence-corrected chi connectivity index (χ1v) is 9.96. The fraction of sp³-hybridized carbons (Fsp3) is 0.500. The van der Waals surface area contributed by atoms with Crippen LogP contribution in [0.1, 0.15) is 48.7 Å². The third kappa shape index (κ3) is 5.92. The molecule has 7 heteroatoms. The molecule has 1 unspecified atom stereocenters. The number of nitrogens with one attached hydrogen (secondary N) is 1. The van der Waals surface area contributed by atoms with Gasteiger partial charge in [-0.15, -0.1) is 36.2 Å². The Morgan fingerprint density at radius 3 is 2.63 bits per heavy atom. The van der Waals surface area contributed by atoms with E-state index in [4.69, 9.17) is 0 Å². The van der Waals surface area contributed by atoms with E-state index in [0.717, 1.165) is 36.6 Å². The summed E-state index contributed by atoms with van der Waals surface area (Å²) >= 11 is 1.55. The molecule has 4 nitrogen and oxygen atoms in total. The minimum Gasteiger partial charge on any atom is -0.337 e. The Labute approximate surface area is 178 Å². The minimum absolute atomic E-state index is 0. The van der Waals surface area contributed by atoms with Gasteiger partial charge in [-0.05, 0) is 43.8 Å². The standard InChI is InChI=1S/C20H27N3OS.2ClH/c1-14(2)16-6-8-17(9-7-16)19-22-18(13-25-19)20(24)23-10-4-5-15(12-23)11-21-3;;/h6-9,13-15,21H,4-5,10-12H2,1-3H3;2*1H. The van der Waals surface area contributed by atoms with Crippen molar-refractivity contribution in [2.24, 2.45) is 5.92 Å². The lowest BCUT2D eigenvalue weighted by Crippen LogP contribution is -2.42. The van der Waals surface area contributed by atoms with E-state index in [9.17, 15) is 4.79 Å². The second kappa shape index (κ2) is 11.0. The topological polar surface area (TPSA) is 45.2 Å². The largest absolute Gasteiger partial charge is 0.337 e. The van der Waals surface area contributed by atoms with E-state index in [0.29, 0.717) is 17.5 Å². The molecular formula is C20H29Cl2N3OS. The molecule has 1 aliphatic heterocycles. The summed E-state index contributed by atoms with van der Waals surface area (Å²) in [6.45, 7) is 7.02. The number of thiazole rings is 1. The van der Waals surface area contributed by atoms with Crippen molar-refractivity contribution in [1.82, 2.24) is 15.2 Å². The number of carbonyl (C=O) groups excluding carboxylic acids is 1. The zero-order chi connectivity index (χ0) is 17.8. The maximum atomic E-state index is 12.8. The lowest BCUT2D eigenvalue weighted by Gasteiger charge is -2.32. The Balaban J connectivity index is 0.00000182. The zero-order valence-corrected chi connectivity index (χ0v) is 18.6. The molecule has 2 aromatic rings. The molecular weight excluding hydrogens is 401 g/mol. The van der Waals surface area contributed by atoms with Gasteiger partial charge < -0.3 is 10.2 Å². The molecule has 1 atom stereocenters. The summed E-state index contributed by atoms with van der Waals surface area (Å²) in [5.74, 6) is 1.14. The molecule has 150 valence electrons. The summed E-state index contributed by atoms with van der Waals surface area (Å²) < 4.78 is 0. The van der Waals surface area contributed by atoms with Crippen LogP contribution in [0.25, 0.3) is 10.6 Å². The van der Waals surface area contributed by atoms with Gasteiger partial charge in [-0.25, -0.2) is 4.98 Å². The third-order valence-electron chi connectivity index (χ3n) is 4.85. The molecule has 0 aliphatic carbocycles. The van der Waals surface area contributed by atoms with Gasteiger partial charge in [-0.3, -0.25) is 4.79 Å². The summed E-state index contributed by atoms with van der Waals surface area (Å²) in [6.07, 6.45) is 2.26. The van der Waals surface area contributed by atoms with Crippen LogP contribution in [0, 0.1) is 5.92 Å². The highest BCUT2D eigenvalue weighted by molar-refractivity contribution is 7.13. The van der Waals surface area contributed by atoms with E-state index < -0.39 is 0 Å². The van der Waals surface area contributed by atoms with Crippen molar-refractivity contribution in [3.63, 3.8) is 0 Å². The van der Waals surface area contributed by atoms with Crippen LogP contribution in [0.15, 0.2) is 29.6 Å². The number of rotatable bonds is 5. The number of benzene rings is 1. The Morgan fingerprint density at radius 2 is 2.00 bits per heavy atom. The van der Waals surface area contributed by atoms with Crippen molar-refractivity contribution < 1.29 is 4.79 Å². The number of likely N-dealkylation sites (tertiary alicyclic amines) is 1. The highest BCUT2D eigenvalue weighted by Gasteiger charge is 2.25. The Morgan fingerprint density at radius 1 is 1.30 bits per heavy atom. The molecule has 2 heterocycles. The van der Waals surface area contributed by atoms with E-state index in [1.807, 2.05) is 17.3 Å². The maximum Gasteiger partial charge on any atom is 0.273 e. The van der Waals surface area contributed by atoms with Gasteiger partial charge in [-0.2, -0.15) is 0 Å². The Bertz CT molecular complexity index is 716. The smallest absolute Gasteiger partial charge is 0.273 e. The predicted octanol–water partition coefficient (Wildman–Crippen LogP) is 4.85. The molecule has 1 aromatic heterocycles. The monoisotopic (exact) mass is 429 g/mol. The number of carbonyl (C=O) groups is 1. The van der Waals surface area contributed by atoms with Crippen LogP contribution in [0.4, 0.5) is 0 Å². The summed E-state index contributed by atoms with van der Waals surface area (Å²) in [6, 6.07) is 8.50. The van der Waals surface area contributed by atoms with Crippen LogP contribution < -0.4 is 5.32 Å². The summed E-state index contributed by atoms with van der Waals surface area (Å²) in [7, 11) is 1.97. The van der Waals surface area contributed by atoms with Gasteiger partial charge in [0.15, 0.2) is 0 Å². The summed E-state index contributed by atoms with van der Waals surface area (Å²) in [5.41, 5.74) is 2.98. The fourth-order valence-electron chi connectivity index (χ4n) is 3.38. The van der Waals surface area contributed by atoms with Gasteiger partial charge >= 0.3 is 0 Å². The lowest BCUT2D eigenvalue weighted by molar-refractivity contribution is 0.0669. The summed E-state index contributed by atoms with van der Waals surface area (Å²) in [4.78, 5) is 19.4. The van der Waals surface area contributed by atoms with Gasteiger partial charge in [0, 0.05) is 24.0 Å². The highest BCUT2D eigenvalue weighted by Crippen LogP contribution is 2.27. The second-order valence-corrected chi connectivity index (χ2v) is 7.99. The molecule has 3 rings (SSSR count). The third-order valence-corrected chi connectivity index (χ3v) is 5.74. The normalized spacial score (nSPS) is 16.6. The number of hydrogen-bond donors (Lipinski definition) is 1. The van der Waals surface area contributed by atoms with Gasteiger partial charge in [0.1, 0.15) is 10.7 Å². The molecule has 0 bridgehead atoms. The first-order chi connectivity index (χ1) is 12.1. The van der Waals surface area contributed by atoms with Crippen LogP contribution in [0.3, 0.4) is 0 Å². The molecule has 0 saturated carbocycles. The molecule has 27 heavy (non-hydrogen) atoms. The molecule has 0 radical (unpaired) electrons. The van der Waals surface area contributed by atoms with Gasteiger partial charge in [0.05, 0.1) is 0 Å². The van der Waals surface area contributed by atoms with Crippen LogP contribution in [-0.2, 0) is 0 Å². The van der Waals surface area contributed by atoms with E-state index >= 15 is 0 Å². The van der Waals surface area contributed by atoms with Crippen molar-refractivity contribution in [1.29, 1.82) is 0 Å². The van der Waals surface area contributed by atoms with Gasteiger partial charge in [-0.1, -0.05) is 38.1 Å². The van der Waals surface area contributed by atoms with E-state index in [1.54, 1.807) is 11.3 Å². The predicted molar refractivity (Wildman–Crippen MR) is 119 cm³/mol. The zero-order valence-electron chi connectivity index (χ0n) is 16.1. The number of nitrogens with zero attached hydrogens (tertiary/aromatic N) is 2. The Hall–Kier alpha value is -1.14. The van der Waals surface area contributed by atoms with Gasteiger partial charge in [0.2, 0.25) is 0 Å². The average molecular weight is 430 g/mol. The van der Waals surface area contributed by atoms with E-state index in [-0.39, 0.29) is 30.7 Å². The van der Waals surface area contributed by atoms with Crippen LogP contribution in [-0.4, -0.2) is 42.5 Å². The van der Waals surface area contributed by atoms with Crippen LogP contribution in [0.2, 0.25) is 0 Å². The molecule has 1 aromatic carbocycles. The van der Waals surface area contributed by atoms with E-state index in [1.165, 1.54) is 12.0 Å². The number of halogens is 2. The molecule has 1 aliphatic rings. The quantitative estimate of drug-likeness (QED) is 0.738. The number of amides is 1. The van der Waals surface area contributed by atoms with Crippen LogP contribution >= 0.6 is 36.2 Å². The fourth-order valence-corrected chi connectivity index (χ4v) is 4.18. The molecule has 0 spiro atoms. The van der Waals surface area contributed by atoms with Crippen LogP contribution in [0.5, 0.6) is 0 Å². The molecule has 1 amide bonds. The number of hydrogen-bond acceptors (Lipinski definition) is 4. The van der Waals surface area contributed by atoms with Crippen molar-refractivity contribution in [2.45, 2.75) is 32.6 Å². The van der Waals surface area contributed by atoms with Crippen molar-refractivity contribution in [2.75, 3.05) is 26.7 Å². The molecule has 1 N–H and O–H groups in total. The maximum absolute atomic E-state index is 12.8. The first kappa shape index (κ1) is 23.9. The van der Waals surface area contributed by atoms with Gasteiger partial charge in [0.25, 0.3) is 5.91 Å². The average Bonchev–Trinajstić information content (AvgIpc) is 3.12. The van der Waals surface area contributed by atoms with Crippen molar-refractivity contribution in [3.05, 3.63) is 40.9 Å².